The van der Waals surface area contributed by atoms with Gasteiger partial charge in [-0.2, -0.15) is 0 Å². The number of hydrogen-bond acceptors (Lipinski definition) is 4. The van der Waals surface area contributed by atoms with E-state index >= 15 is 0 Å². The molecule has 5 nitrogen and oxygen atoms in total. The van der Waals surface area contributed by atoms with E-state index in [0.717, 1.165) is 16.6 Å². The molecule has 0 saturated heterocycles. The Morgan fingerprint density at radius 2 is 2.00 bits per heavy atom. The van der Waals surface area contributed by atoms with Gasteiger partial charge in [-0.3, -0.25) is 4.79 Å². The minimum atomic E-state index is -0.233. The number of benzene rings is 2. The van der Waals surface area contributed by atoms with Crippen LogP contribution in [0.1, 0.15) is 11.3 Å². The lowest BCUT2D eigenvalue weighted by molar-refractivity contribution is 0.299. The molecule has 0 saturated carbocycles. The van der Waals surface area contributed by atoms with Gasteiger partial charge in [0.1, 0.15) is 18.1 Å². The number of fused-ring (bicyclic) bond motifs is 1. The summed E-state index contributed by atoms with van der Waals surface area (Å²) in [6.45, 7) is 0.570. The molecule has 0 radical (unpaired) electrons. The van der Waals surface area contributed by atoms with Crippen molar-refractivity contribution in [3.63, 3.8) is 0 Å². The van der Waals surface area contributed by atoms with E-state index in [1.165, 1.54) is 0 Å². The smallest absolute Gasteiger partial charge is 0.273 e. The van der Waals surface area contributed by atoms with Gasteiger partial charge in [0, 0.05) is 6.54 Å². The molecule has 0 fully saturated rings. The van der Waals surface area contributed by atoms with Crippen molar-refractivity contribution in [3.05, 3.63) is 70.1 Å². The fourth-order valence-corrected chi connectivity index (χ4v) is 2.08. The molecule has 106 valence electrons. The van der Waals surface area contributed by atoms with Gasteiger partial charge in [0.15, 0.2) is 0 Å². The van der Waals surface area contributed by atoms with Gasteiger partial charge in [-0.15, -0.1) is 0 Å². The largest absolute Gasteiger partial charge is 0.487 e. The molecule has 3 N–H and O–H groups in total. The van der Waals surface area contributed by atoms with Crippen LogP contribution in [0.15, 0.2) is 53.3 Å². The van der Waals surface area contributed by atoms with E-state index in [2.05, 4.69) is 9.97 Å². The second-order valence-corrected chi connectivity index (χ2v) is 4.67. The highest BCUT2D eigenvalue weighted by atomic mass is 16.5. The van der Waals surface area contributed by atoms with E-state index in [-0.39, 0.29) is 12.2 Å². The van der Waals surface area contributed by atoms with E-state index in [0.29, 0.717) is 18.0 Å². The van der Waals surface area contributed by atoms with Crippen LogP contribution in [0.5, 0.6) is 5.75 Å². The normalized spacial score (nSPS) is 10.7. The molecule has 0 atom stereocenters. The van der Waals surface area contributed by atoms with Gasteiger partial charge in [0.05, 0.1) is 11.0 Å². The molecule has 0 aliphatic carbocycles. The van der Waals surface area contributed by atoms with Crippen molar-refractivity contribution in [1.82, 2.24) is 9.97 Å². The molecule has 0 amide bonds. The van der Waals surface area contributed by atoms with Gasteiger partial charge in [-0.1, -0.05) is 24.3 Å². The Kier molecular flexibility index (Phi) is 3.66. The second kappa shape index (κ2) is 5.76. The maximum atomic E-state index is 12.0. The maximum absolute atomic E-state index is 12.0. The zero-order valence-corrected chi connectivity index (χ0v) is 11.4. The summed E-state index contributed by atoms with van der Waals surface area (Å²) in [4.78, 5) is 19.1. The zero-order valence-electron chi connectivity index (χ0n) is 11.4. The third-order valence-corrected chi connectivity index (χ3v) is 3.18. The van der Waals surface area contributed by atoms with E-state index in [1.54, 1.807) is 0 Å². The molecule has 0 spiro atoms. The number of nitrogens with zero attached hydrogens (tertiary/aromatic N) is 1. The third kappa shape index (κ3) is 2.93. The quantitative estimate of drug-likeness (QED) is 0.766. The van der Waals surface area contributed by atoms with Crippen molar-refractivity contribution in [2.24, 2.45) is 5.73 Å². The van der Waals surface area contributed by atoms with Crippen molar-refractivity contribution in [1.29, 1.82) is 0 Å². The SMILES string of the molecule is NCc1cccc(OCc2nc3ccccc3[nH]c2=O)c1. The number of aromatic nitrogens is 2. The average molecular weight is 281 g/mol. The van der Waals surface area contributed by atoms with Crippen LogP contribution in [0.2, 0.25) is 0 Å². The van der Waals surface area contributed by atoms with Gasteiger partial charge in [0.2, 0.25) is 0 Å². The number of ether oxygens (including phenoxy) is 1. The molecule has 3 aromatic rings. The predicted molar refractivity (Wildman–Crippen MR) is 81.0 cm³/mol. The minimum Gasteiger partial charge on any atom is -0.487 e. The Morgan fingerprint density at radius 1 is 1.14 bits per heavy atom. The average Bonchev–Trinajstić information content (AvgIpc) is 2.53. The van der Waals surface area contributed by atoms with Gasteiger partial charge >= 0.3 is 0 Å². The summed E-state index contributed by atoms with van der Waals surface area (Å²) in [6.07, 6.45) is 0. The lowest BCUT2D eigenvalue weighted by Gasteiger charge is -2.07. The standard InChI is InChI=1S/C16H15N3O2/c17-9-11-4-3-5-12(8-11)21-10-15-16(20)19-14-7-2-1-6-13(14)18-15/h1-8H,9-10,17H2,(H,19,20). The molecular formula is C16H15N3O2. The molecule has 2 aromatic carbocycles. The molecular weight excluding hydrogens is 266 g/mol. The first-order valence-electron chi connectivity index (χ1n) is 6.66. The van der Waals surface area contributed by atoms with Crippen LogP contribution in [0.4, 0.5) is 0 Å². The summed E-state index contributed by atoms with van der Waals surface area (Å²) in [6, 6.07) is 14.9. The number of H-pyrrole nitrogens is 1. The highest BCUT2D eigenvalue weighted by molar-refractivity contribution is 5.73. The summed E-state index contributed by atoms with van der Waals surface area (Å²) in [7, 11) is 0. The first-order valence-corrected chi connectivity index (χ1v) is 6.66. The first kappa shape index (κ1) is 13.3. The van der Waals surface area contributed by atoms with Crippen LogP contribution in [0.25, 0.3) is 11.0 Å². The molecule has 1 aromatic heterocycles. The summed E-state index contributed by atoms with van der Waals surface area (Å²) >= 11 is 0. The maximum Gasteiger partial charge on any atom is 0.273 e. The number of rotatable bonds is 4. The van der Waals surface area contributed by atoms with Crippen molar-refractivity contribution in [2.75, 3.05) is 0 Å². The highest BCUT2D eigenvalue weighted by Crippen LogP contribution is 2.14. The van der Waals surface area contributed by atoms with Crippen molar-refractivity contribution >= 4 is 11.0 Å². The summed E-state index contributed by atoms with van der Waals surface area (Å²) < 4.78 is 5.63. The van der Waals surface area contributed by atoms with Crippen LogP contribution in [-0.2, 0) is 13.2 Å². The number of nitrogens with one attached hydrogen (secondary N) is 1. The van der Waals surface area contributed by atoms with E-state index < -0.39 is 0 Å². The van der Waals surface area contributed by atoms with Gasteiger partial charge in [-0.25, -0.2) is 4.98 Å². The summed E-state index contributed by atoms with van der Waals surface area (Å²) in [5, 5.41) is 0. The first-order chi connectivity index (χ1) is 10.3. The van der Waals surface area contributed by atoms with Crippen LogP contribution >= 0.6 is 0 Å². The Balaban J connectivity index is 1.84. The predicted octanol–water partition coefficient (Wildman–Crippen LogP) is 1.96. The molecule has 0 unspecified atom stereocenters. The molecule has 21 heavy (non-hydrogen) atoms. The molecule has 0 aliphatic rings. The topological polar surface area (TPSA) is 81.0 Å². The van der Waals surface area contributed by atoms with Gasteiger partial charge < -0.3 is 15.5 Å². The third-order valence-electron chi connectivity index (χ3n) is 3.18. The summed E-state index contributed by atoms with van der Waals surface area (Å²) in [5.74, 6) is 0.673. The monoisotopic (exact) mass is 281 g/mol. The number of para-hydroxylation sites is 2. The number of nitrogens with two attached hydrogens (primary N) is 1. The Bertz CT molecular complexity index is 827. The summed E-state index contributed by atoms with van der Waals surface area (Å²) in [5.41, 5.74) is 8.15. The minimum absolute atomic E-state index is 0.119. The molecule has 1 heterocycles. The highest BCUT2D eigenvalue weighted by Gasteiger charge is 2.05. The van der Waals surface area contributed by atoms with E-state index in [1.807, 2.05) is 48.5 Å². The second-order valence-electron chi connectivity index (χ2n) is 4.67. The van der Waals surface area contributed by atoms with Gasteiger partial charge in [0.25, 0.3) is 5.56 Å². The van der Waals surface area contributed by atoms with Crippen LogP contribution in [0, 0.1) is 0 Å². The number of hydrogen-bond donors (Lipinski definition) is 2. The fraction of sp³-hybridized carbons (Fsp3) is 0.125. The van der Waals surface area contributed by atoms with Crippen LogP contribution < -0.4 is 16.0 Å². The molecule has 5 heteroatoms. The van der Waals surface area contributed by atoms with E-state index in [4.69, 9.17) is 10.5 Å². The van der Waals surface area contributed by atoms with Crippen molar-refractivity contribution in [2.45, 2.75) is 13.2 Å². The molecule has 3 rings (SSSR count). The van der Waals surface area contributed by atoms with Crippen molar-refractivity contribution in [3.8, 4) is 5.75 Å². The van der Waals surface area contributed by atoms with E-state index in [9.17, 15) is 4.79 Å². The zero-order chi connectivity index (χ0) is 14.7. The van der Waals surface area contributed by atoms with Crippen LogP contribution in [0.3, 0.4) is 0 Å². The lowest BCUT2D eigenvalue weighted by atomic mass is 10.2. The van der Waals surface area contributed by atoms with Crippen LogP contribution in [-0.4, -0.2) is 9.97 Å². The van der Waals surface area contributed by atoms with Gasteiger partial charge in [-0.05, 0) is 29.8 Å². The molecule has 0 bridgehead atoms. The fourth-order valence-electron chi connectivity index (χ4n) is 2.08. The lowest BCUT2D eigenvalue weighted by Crippen LogP contribution is -2.17. The Hall–Kier alpha value is -2.66. The Labute approximate surface area is 121 Å². The number of aromatic amines is 1. The van der Waals surface area contributed by atoms with Crippen molar-refractivity contribution < 1.29 is 4.74 Å². The molecule has 0 aliphatic heterocycles. The Morgan fingerprint density at radius 3 is 2.86 bits per heavy atom.